The molecule has 152 valence electrons. The lowest BCUT2D eigenvalue weighted by molar-refractivity contribution is 0.0770. The molecule has 0 spiro atoms. The molecule has 29 heavy (non-hydrogen) atoms. The fourth-order valence-corrected chi connectivity index (χ4v) is 5.06. The molecule has 3 heterocycles. The number of carbonyl (C=O) groups is 1. The first-order valence-electron chi connectivity index (χ1n) is 9.98. The maximum atomic E-state index is 12.5. The van der Waals surface area contributed by atoms with E-state index in [4.69, 9.17) is 4.37 Å². The summed E-state index contributed by atoms with van der Waals surface area (Å²) in [6.07, 6.45) is 1.03. The number of fused-ring (bicyclic) bond motifs is 2. The second kappa shape index (κ2) is 8.69. The van der Waals surface area contributed by atoms with Crippen LogP contribution in [0.3, 0.4) is 0 Å². The molecule has 0 N–H and O–H groups in total. The number of hydrogen-bond donors (Lipinski definition) is 0. The molecule has 0 saturated carbocycles. The summed E-state index contributed by atoms with van der Waals surface area (Å²) in [6.45, 7) is 6.79. The number of aromatic nitrogens is 1. The van der Waals surface area contributed by atoms with Crippen molar-refractivity contribution in [2.45, 2.75) is 13.0 Å². The standard InChI is InChI=1S/C22H24N4OS.ClH/c27-22-18-7-2-1-6-17(18)16-26(22)11-5-10-24-12-14-25(15-13-24)21-19-8-3-4-9-20(19)28-23-21;/h1-4,6-9H,5,10-16H2;1H. The highest BCUT2D eigenvalue weighted by Crippen LogP contribution is 2.30. The van der Waals surface area contributed by atoms with E-state index in [2.05, 4.69) is 40.1 Å². The number of rotatable bonds is 5. The van der Waals surface area contributed by atoms with Crippen molar-refractivity contribution in [1.29, 1.82) is 0 Å². The lowest BCUT2D eigenvalue weighted by Gasteiger charge is -2.35. The van der Waals surface area contributed by atoms with Crippen molar-refractivity contribution >= 4 is 45.8 Å². The first kappa shape index (κ1) is 20.1. The third-order valence-corrected chi connectivity index (χ3v) is 6.65. The van der Waals surface area contributed by atoms with E-state index in [-0.39, 0.29) is 18.3 Å². The van der Waals surface area contributed by atoms with Crippen molar-refractivity contribution in [3.63, 3.8) is 0 Å². The van der Waals surface area contributed by atoms with Crippen LogP contribution < -0.4 is 4.90 Å². The van der Waals surface area contributed by atoms with Crippen LogP contribution in [0.15, 0.2) is 48.5 Å². The Morgan fingerprint density at radius 3 is 2.52 bits per heavy atom. The highest BCUT2D eigenvalue weighted by atomic mass is 35.5. The molecule has 5 nitrogen and oxygen atoms in total. The van der Waals surface area contributed by atoms with Crippen LogP contribution in [0.1, 0.15) is 22.3 Å². The summed E-state index contributed by atoms with van der Waals surface area (Å²) < 4.78 is 5.95. The Labute approximate surface area is 181 Å². The van der Waals surface area contributed by atoms with Gasteiger partial charge in [0.15, 0.2) is 0 Å². The molecule has 1 aromatic heterocycles. The lowest BCUT2D eigenvalue weighted by atomic mass is 10.1. The summed E-state index contributed by atoms with van der Waals surface area (Å²) in [7, 11) is 0. The number of piperazine rings is 1. The second-order valence-corrected chi connectivity index (χ2v) is 8.37. The molecule has 0 bridgehead atoms. The van der Waals surface area contributed by atoms with E-state index in [1.165, 1.54) is 10.1 Å². The van der Waals surface area contributed by atoms with Gasteiger partial charge in [-0.3, -0.25) is 9.69 Å². The number of halogens is 1. The van der Waals surface area contributed by atoms with Gasteiger partial charge in [-0.2, -0.15) is 4.37 Å². The summed E-state index contributed by atoms with van der Waals surface area (Å²) in [5.41, 5.74) is 2.04. The predicted molar refractivity (Wildman–Crippen MR) is 121 cm³/mol. The first-order valence-corrected chi connectivity index (χ1v) is 10.8. The smallest absolute Gasteiger partial charge is 0.254 e. The van der Waals surface area contributed by atoms with Gasteiger partial charge in [0.25, 0.3) is 5.91 Å². The summed E-state index contributed by atoms with van der Waals surface area (Å²) >= 11 is 1.59. The van der Waals surface area contributed by atoms with Gasteiger partial charge in [0.05, 0.1) is 4.70 Å². The zero-order valence-corrected chi connectivity index (χ0v) is 17.9. The number of hydrogen-bond acceptors (Lipinski definition) is 5. The highest BCUT2D eigenvalue weighted by molar-refractivity contribution is 7.13. The quantitative estimate of drug-likeness (QED) is 0.618. The van der Waals surface area contributed by atoms with Crippen molar-refractivity contribution < 1.29 is 4.79 Å². The molecule has 5 rings (SSSR count). The molecular weight excluding hydrogens is 404 g/mol. The lowest BCUT2D eigenvalue weighted by Crippen LogP contribution is -2.47. The molecule has 2 aromatic carbocycles. The average Bonchev–Trinajstić information content (AvgIpc) is 3.31. The summed E-state index contributed by atoms with van der Waals surface area (Å²) in [5.74, 6) is 1.33. The monoisotopic (exact) mass is 428 g/mol. The van der Waals surface area contributed by atoms with Crippen molar-refractivity contribution in [3.05, 3.63) is 59.7 Å². The van der Waals surface area contributed by atoms with Gasteiger partial charge in [-0.1, -0.05) is 30.3 Å². The molecule has 1 amide bonds. The van der Waals surface area contributed by atoms with Gasteiger partial charge in [0.1, 0.15) is 5.82 Å². The van der Waals surface area contributed by atoms with Gasteiger partial charge in [-0.15, -0.1) is 12.4 Å². The van der Waals surface area contributed by atoms with Crippen LogP contribution >= 0.6 is 23.9 Å². The Bertz CT molecular complexity index is 999. The number of carbonyl (C=O) groups excluding carboxylic acids is 1. The fraction of sp³-hybridized carbons (Fsp3) is 0.364. The van der Waals surface area contributed by atoms with Crippen molar-refractivity contribution in [1.82, 2.24) is 14.2 Å². The van der Waals surface area contributed by atoms with E-state index in [0.717, 1.165) is 69.2 Å². The Hall–Kier alpha value is -2.15. The summed E-state index contributed by atoms with van der Waals surface area (Å²) in [5, 5.41) is 1.27. The number of nitrogens with zero attached hydrogens (tertiary/aromatic N) is 4. The highest BCUT2D eigenvalue weighted by Gasteiger charge is 2.26. The van der Waals surface area contributed by atoms with Gasteiger partial charge in [0, 0.05) is 50.2 Å². The molecule has 1 fully saturated rings. The molecular formula is C22H25ClN4OS. The van der Waals surface area contributed by atoms with E-state index >= 15 is 0 Å². The van der Waals surface area contributed by atoms with E-state index in [1.807, 2.05) is 23.1 Å². The Morgan fingerprint density at radius 2 is 1.69 bits per heavy atom. The summed E-state index contributed by atoms with van der Waals surface area (Å²) in [4.78, 5) is 19.4. The molecule has 0 unspecified atom stereocenters. The van der Waals surface area contributed by atoms with Crippen LogP contribution in [0.5, 0.6) is 0 Å². The third-order valence-electron chi connectivity index (χ3n) is 5.83. The Balaban J connectivity index is 0.00000205. The minimum Gasteiger partial charge on any atom is -0.353 e. The Kier molecular flexibility index (Phi) is 6.04. The van der Waals surface area contributed by atoms with Crippen LogP contribution in [0.2, 0.25) is 0 Å². The zero-order valence-electron chi connectivity index (χ0n) is 16.3. The molecule has 7 heteroatoms. The van der Waals surface area contributed by atoms with Gasteiger partial charge < -0.3 is 9.80 Å². The number of benzene rings is 2. The maximum Gasteiger partial charge on any atom is 0.254 e. The minimum absolute atomic E-state index is 0. The van der Waals surface area contributed by atoms with Gasteiger partial charge >= 0.3 is 0 Å². The van der Waals surface area contributed by atoms with Gasteiger partial charge in [-0.25, -0.2) is 0 Å². The van der Waals surface area contributed by atoms with E-state index in [0.29, 0.717) is 0 Å². The molecule has 0 aliphatic carbocycles. The average molecular weight is 429 g/mol. The van der Waals surface area contributed by atoms with Crippen LogP contribution in [0.25, 0.3) is 10.1 Å². The molecule has 0 radical (unpaired) electrons. The van der Waals surface area contributed by atoms with Gasteiger partial charge in [-0.05, 0) is 48.3 Å². The van der Waals surface area contributed by atoms with Crippen LogP contribution in [-0.2, 0) is 6.54 Å². The molecule has 1 saturated heterocycles. The third kappa shape index (κ3) is 3.97. The first-order chi connectivity index (χ1) is 13.8. The Morgan fingerprint density at radius 1 is 0.931 bits per heavy atom. The molecule has 2 aliphatic rings. The number of anilines is 1. The zero-order chi connectivity index (χ0) is 18.9. The second-order valence-electron chi connectivity index (χ2n) is 7.57. The summed E-state index contributed by atoms with van der Waals surface area (Å²) in [6, 6.07) is 16.5. The number of amides is 1. The van der Waals surface area contributed by atoms with E-state index in [1.54, 1.807) is 11.5 Å². The van der Waals surface area contributed by atoms with Crippen molar-refractivity contribution in [2.75, 3.05) is 44.2 Å². The minimum atomic E-state index is 0. The molecule has 3 aromatic rings. The topological polar surface area (TPSA) is 39.7 Å². The SMILES string of the molecule is Cl.O=C1c2ccccc2CN1CCCN1CCN(c2nsc3ccccc23)CC1. The van der Waals surface area contributed by atoms with Gasteiger partial charge in [0.2, 0.25) is 0 Å². The molecule has 2 aliphatic heterocycles. The largest absolute Gasteiger partial charge is 0.353 e. The van der Waals surface area contributed by atoms with E-state index < -0.39 is 0 Å². The van der Waals surface area contributed by atoms with Crippen molar-refractivity contribution in [3.8, 4) is 0 Å². The maximum absolute atomic E-state index is 12.5. The van der Waals surface area contributed by atoms with Crippen LogP contribution in [-0.4, -0.2) is 59.3 Å². The van der Waals surface area contributed by atoms with Crippen LogP contribution in [0, 0.1) is 0 Å². The van der Waals surface area contributed by atoms with E-state index in [9.17, 15) is 4.79 Å². The predicted octanol–water partition coefficient (Wildman–Crippen LogP) is 3.89. The molecule has 0 atom stereocenters. The fourth-order valence-electron chi connectivity index (χ4n) is 4.26. The van der Waals surface area contributed by atoms with Crippen LogP contribution in [0.4, 0.5) is 5.82 Å². The normalized spacial score (nSPS) is 16.9. The van der Waals surface area contributed by atoms with Crippen molar-refractivity contribution in [2.24, 2.45) is 0 Å².